The van der Waals surface area contributed by atoms with Gasteiger partial charge in [0.15, 0.2) is 0 Å². The van der Waals surface area contributed by atoms with E-state index >= 15 is 0 Å². The second kappa shape index (κ2) is 17.0. The molecule has 1 aromatic rings. The van der Waals surface area contributed by atoms with Gasteiger partial charge in [0.2, 0.25) is 5.91 Å². The van der Waals surface area contributed by atoms with E-state index in [4.69, 9.17) is 29.7 Å². The molecule has 1 atom stereocenters. The van der Waals surface area contributed by atoms with Gasteiger partial charge >= 0.3 is 36.4 Å². The van der Waals surface area contributed by atoms with Crippen molar-refractivity contribution in [2.24, 2.45) is 0 Å². The normalized spacial score (nSPS) is 18.7. The number of likely N-dealkylation sites (N-methyl/N-ethyl adjacent to an activating group) is 1. The van der Waals surface area contributed by atoms with Crippen molar-refractivity contribution in [3.63, 3.8) is 0 Å². The van der Waals surface area contributed by atoms with Crippen LogP contribution in [0.1, 0.15) is 31.2 Å². The van der Waals surface area contributed by atoms with Crippen molar-refractivity contribution in [1.29, 1.82) is 0 Å². The molecule has 20 heteroatoms. The Hall–Kier alpha value is -3.68. The number of carboxylic acid groups (broad SMARTS) is 3. The van der Waals surface area contributed by atoms with Crippen LogP contribution in [0.3, 0.4) is 0 Å². The SMILES string of the molecule is CN(C)CC(=O)N1CCCC2(CCCN2Cc2ccncc2)C1.O=C(O)C(F)(F)F.O=C(O)C(F)(F)F.O=C(O)C(F)(F)F. The van der Waals surface area contributed by atoms with Crippen molar-refractivity contribution < 1.29 is 74.0 Å². The smallest absolute Gasteiger partial charge is 0.475 e. The minimum atomic E-state index is -5.08. The summed E-state index contributed by atoms with van der Waals surface area (Å²) in [5.41, 5.74) is 1.50. The minimum absolute atomic E-state index is 0.184. The zero-order valence-electron chi connectivity index (χ0n) is 23.3. The number of carboxylic acids is 3. The van der Waals surface area contributed by atoms with Crippen LogP contribution in [0.2, 0.25) is 0 Å². The number of halogens is 9. The van der Waals surface area contributed by atoms with Gasteiger partial charge in [-0.3, -0.25) is 14.7 Å². The zero-order valence-corrected chi connectivity index (χ0v) is 23.3. The molecule has 3 rings (SSSR count). The molecule has 0 saturated carbocycles. The van der Waals surface area contributed by atoms with E-state index < -0.39 is 36.4 Å². The van der Waals surface area contributed by atoms with E-state index in [0.717, 1.165) is 32.6 Å². The highest BCUT2D eigenvalue weighted by Gasteiger charge is 2.44. The topological polar surface area (TPSA) is 152 Å². The van der Waals surface area contributed by atoms with Gasteiger partial charge in [-0.15, -0.1) is 0 Å². The number of aromatic nitrogens is 1. The molecule has 44 heavy (non-hydrogen) atoms. The fraction of sp³-hybridized carbons (Fsp3) is 0.625. The monoisotopic (exact) mass is 658 g/mol. The Morgan fingerprint density at radius 2 is 1.18 bits per heavy atom. The number of hydrogen-bond donors (Lipinski definition) is 3. The molecule has 1 spiro atoms. The molecule has 11 nitrogen and oxygen atoms in total. The summed E-state index contributed by atoms with van der Waals surface area (Å²) >= 11 is 0. The number of rotatable bonds is 4. The number of carbonyl (C=O) groups is 4. The maximum absolute atomic E-state index is 12.5. The van der Waals surface area contributed by atoms with E-state index in [9.17, 15) is 44.3 Å². The molecule has 1 unspecified atom stereocenters. The summed E-state index contributed by atoms with van der Waals surface area (Å²) in [6.07, 6.45) is -6.74. The van der Waals surface area contributed by atoms with Crippen LogP contribution in [-0.2, 0) is 25.7 Å². The van der Waals surface area contributed by atoms with Crippen LogP contribution in [0.15, 0.2) is 24.5 Å². The van der Waals surface area contributed by atoms with Crippen molar-refractivity contribution in [1.82, 2.24) is 19.7 Å². The Morgan fingerprint density at radius 1 is 0.795 bits per heavy atom. The Labute approximate surface area is 244 Å². The lowest BCUT2D eigenvalue weighted by Gasteiger charge is -2.46. The van der Waals surface area contributed by atoms with Crippen LogP contribution in [0.4, 0.5) is 39.5 Å². The van der Waals surface area contributed by atoms with Gasteiger partial charge < -0.3 is 25.1 Å². The molecule has 1 aromatic heterocycles. The lowest BCUT2D eigenvalue weighted by atomic mass is 9.86. The lowest BCUT2D eigenvalue weighted by Crippen LogP contribution is -2.57. The average molecular weight is 659 g/mol. The van der Waals surface area contributed by atoms with Gasteiger partial charge in [0.05, 0.1) is 6.54 Å². The summed E-state index contributed by atoms with van der Waals surface area (Å²) in [4.78, 5) is 49.9. The van der Waals surface area contributed by atoms with Crippen LogP contribution in [0, 0.1) is 0 Å². The summed E-state index contributed by atoms with van der Waals surface area (Å²) in [7, 11) is 3.92. The first-order valence-corrected chi connectivity index (χ1v) is 12.4. The molecule has 1 amide bonds. The summed E-state index contributed by atoms with van der Waals surface area (Å²) in [5.74, 6) is -8.00. The maximum atomic E-state index is 12.5. The molecule has 2 aliphatic rings. The highest BCUT2D eigenvalue weighted by molar-refractivity contribution is 5.78. The van der Waals surface area contributed by atoms with Crippen molar-refractivity contribution in [3.8, 4) is 0 Å². The first kappa shape index (κ1) is 40.3. The van der Waals surface area contributed by atoms with Crippen LogP contribution >= 0.6 is 0 Å². The molecule has 252 valence electrons. The lowest BCUT2D eigenvalue weighted by molar-refractivity contribution is -0.193. The van der Waals surface area contributed by atoms with E-state index in [1.807, 2.05) is 31.4 Å². The quantitative estimate of drug-likeness (QED) is 0.410. The van der Waals surface area contributed by atoms with Gasteiger partial charge in [0.25, 0.3) is 0 Å². The third-order valence-corrected chi connectivity index (χ3v) is 5.95. The van der Waals surface area contributed by atoms with Crippen molar-refractivity contribution in [2.45, 2.75) is 56.3 Å². The zero-order chi connectivity index (χ0) is 34.5. The van der Waals surface area contributed by atoms with E-state index in [1.54, 1.807) is 0 Å². The predicted octanol–water partition coefficient (Wildman–Crippen LogP) is 3.50. The Kier molecular flexibility index (Phi) is 15.6. The van der Waals surface area contributed by atoms with Gasteiger partial charge in [-0.25, -0.2) is 14.4 Å². The molecule has 3 N–H and O–H groups in total. The third kappa shape index (κ3) is 15.2. The van der Waals surface area contributed by atoms with Crippen LogP contribution < -0.4 is 0 Å². The second-order valence-electron chi connectivity index (χ2n) is 9.67. The number of likely N-dealkylation sites (tertiary alicyclic amines) is 2. The molecule has 2 saturated heterocycles. The van der Waals surface area contributed by atoms with Gasteiger partial charge in [-0.05, 0) is 64.0 Å². The molecule has 2 aliphatic heterocycles. The molecule has 0 bridgehead atoms. The Bertz CT molecular complexity index is 1030. The molecule has 0 aromatic carbocycles. The number of piperidine rings is 1. The molecule has 3 heterocycles. The number of alkyl halides is 9. The van der Waals surface area contributed by atoms with Crippen LogP contribution in [0.25, 0.3) is 0 Å². The van der Waals surface area contributed by atoms with E-state index in [2.05, 4.69) is 26.9 Å². The summed E-state index contributed by atoms with van der Waals surface area (Å²) < 4.78 is 95.2. The molecule has 2 fully saturated rings. The van der Waals surface area contributed by atoms with Crippen LogP contribution in [-0.4, -0.2) is 123 Å². The fourth-order valence-corrected chi connectivity index (χ4v) is 4.11. The largest absolute Gasteiger partial charge is 0.490 e. The van der Waals surface area contributed by atoms with Crippen molar-refractivity contribution in [2.75, 3.05) is 40.3 Å². The van der Waals surface area contributed by atoms with Crippen molar-refractivity contribution >= 4 is 23.8 Å². The first-order chi connectivity index (χ1) is 19.9. The number of carbonyl (C=O) groups excluding carboxylic acids is 1. The maximum Gasteiger partial charge on any atom is 0.490 e. The van der Waals surface area contributed by atoms with E-state index in [1.165, 1.54) is 24.8 Å². The molecule has 0 radical (unpaired) electrons. The Balaban J connectivity index is 0.000000721. The number of aliphatic carboxylic acids is 3. The third-order valence-electron chi connectivity index (χ3n) is 5.95. The molecular weight excluding hydrogens is 627 g/mol. The standard InChI is InChI=1S/C18H28N4O.3C2HF3O2/c1-20(2)14-17(23)21-11-3-7-18(15-21)8-4-12-22(18)13-16-5-9-19-10-6-16;3*3-2(4,5)1(6)7/h5-6,9-10H,3-4,7-8,11-15H2,1-2H3;3*(H,6,7). The Morgan fingerprint density at radius 3 is 1.55 bits per heavy atom. The summed E-state index contributed by atoms with van der Waals surface area (Å²) in [6.45, 7) is 4.43. The molecule has 0 aliphatic carbocycles. The van der Waals surface area contributed by atoms with Crippen LogP contribution in [0.5, 0.6) is 0 Å². The van der Waals surface area contributed by atoms with Gasteiger partial charge in [-0.1, -0.05) is 0 Å². The predicted molar refractivity (Wildman–Crippen MR) is 132 cm³/mol. The number of pyridine rings is 1. The number of amides is 1. The van der Waals surface area contributed by atoms with E-state index in [-0.39, 0.29) is 11.4 Å². The summed E-state index contributed by atoms with van der Waals surface area (Å²) in [6, 6.07) is 4.20. The van der Waals surface area contributed by atoms with Gasteiger partial charge in [0, 0.05) is 37.6 Å². The first-order valence-electron chi connectivity index (χ1n) is 12.4. The van der Waals surface area contributed by atoms with Gasteiger partial charge in [-0.2, -0.15) is 39.5 Å². The highest BCUT2D eigenvalue weighted by Crippen LogP contribution is 2.38. The fourth-order valence-electron chi connectivity index (χ4n) is 4.11. The van der Waals surface area contributed by atoms with Crippen molar-refractivity contribution in [3.05, 3.63) is 30.1 Å². The number of hydrogen-bond acceptors (Lipinski definition) is 7. The van der Waals surface area contributed by atoms with Gasteiger partial charge in [0.1, 0.15) is 0 Å². The molecular formula is C24H31F9N4O7. The highest BCUT2D eigenvalue weighted by atomic mass is 19.4. The summed E-state index contributed by atoms with van der Waals surface area (Å²) in [5, 5.41) is 21.4. The van der Waals surface area contributed by atoms with E-state index in [0.29, 0.717) is 6.54 Å². The average Bonchev–Trinajstić information content (AvgIpc) is 3.24. The minimum Gasteiger partial charge on any atom is -0.475 e. The number of nitrogens with zero attached hydrogens (tertiary/aromatic N) is 4. The second-order valence-corrected chi connectivity index (χ2v) is 9.67.